The van der Waals surface area contributed by atoms with Crippen molar-refractivity contribution < 1.29 is 28.8 Å². The van der Waals surface area contributed by atoms with Crippen LogP contribution < -0.4 is 21.6 Å². The van der Waals surface area contributed by atoms with E-state index in [1.165, 1.54) is 6.92 Å². The third-order valence-electron chi connectivity index (χ3n) is 8.04. The van der Waals surface area contributed by atoms with Crippen molar-refractivity contribution in [1.82, 2.24) is 5.32 Å². The normalized spacial score (nSPS) is 25.7. The van der Waals surface area contributed by atoms with Crippen LogP contribution in [0.1, 0.15) is 43.7 Å². The minimum Gasteiger partial charge on any atom is -0.489 e. The zero-order chi connectivity index (χ0) is 29.2. The molecule has 2 unspecified atom stereocenters. The molecule has 2 aromatic rings. The average molecular weight is 558 g/mol. The van der Waals surface area contributed by atoms with Gasteiger partial charge in [-0.1, -0.05) is 36.4 Å². The Bertz CT molecular complexity index is 1490. The maximum absolute atomic E-state index is 12.5. The van der Waals surface area contributed by atoms with Gasteiger partial charge in [0.15, 0.2) is 0 Å². The number of carboxylic acids is 1. The van der Waals surface area contributed by atoms with E-state index in [-0.39, 0.29) is 23.4 Å². The summed E-state index contributed by atoms with van der Waals surface area (Å²) in [6, 6.07) is 16.1. The van der Waals surface area contributed by atoms with Gasteiger partial charge in [0, 0.05) is 12.8 Å². The summed E-state index contributed by atoms with van der Waals surface area (Å²) in [6.45, 7) is 1.65. The maximum Gasteiger partial charge on any atom is 0.312 e. The van der Waals surface area contributed by atoms with Gasteiger partial charge in [-0.25, -0.2) is 0 Å². The molecule has 2 aromatic carbocycles. The summed E-state index contributed by atoms with van der Waals surface area (Å²) >= 11 is 0. The summed E-state index contributed by atoms with van der Waals surface area (Å²) in [4.78, 5) is 45.8. The molecule has 41 heavy (non-hydrogen) atoms. The largest absolute Gasteiger partial charge is 0.489 e. The summed E-state index contributed by atoms with van der Waals surface area (Å²) < 4.78 is 5.85. The Hall–Kier alpha value is -4.61. The highest BCUT2D eigenvalue weighted by atomic mass is 16.5. The van der Waals surface area contributed by atoms with E-state index in [1.54, 1.807) is 18.6 Å². The highest BCUT2D eigenvalue weighted by Gasteiger charge is 2.53. The van der Waals surface area contributed by atoms with E-state index in [0.717, 1.165) is 16.8 Å². The number of rotatable bonds is 9. The van der Waals surface area contributed by atoms with Crippen molar-refractivity contribution in [2.24, 2.45) is 32.9 Å². The molecule has 11 heteroatoms. The molecule has 2 aliphatic heterocycles. The Morgan fingerprint density at radius 2 is 1.88 bits per heavy atom. The third kappa shape index (κ3) is 5.29. The van der Waals surface area contributed by atoms with Crippen LogP contribution in [0.25, 0.3) is 0 Å². The second kappa shape index (κ2) is 11.1. The number of amides is 2. The molecule has 0 spiro atoms. The van der Waals surface area contributed by atoms with Crippen molar-refractivity contribution >= 4 is 29.8 Å². The lowest BCUT2D eigenvalue weighted by atomic mass is 9.65. The van der Waals surface area contributed by atoms with E-state index in [4.69, 9.17) is 21.3 Å². The Kier molecular flexibility index (Phi) is 7.57. The summed E-state index contributed by atoms with van der Waals surface area (Å²) in [5.74, 6) is 5.49. The van der Waals surface area contributed by atoms with E-state index >= 15 is 0 Å². The van der Waals surface area contributed by atoms with Crippen LogP contribution in [0, 0.1) is 11.3 Å². The molecule has 1 fully saturated rings. The van der Waals surface area contributed by atoms with Crippen LogP contribution in [0.3, 0.4) is 0 Å². The topological polar surface area (TPSA) is 169 Å². The Morgan fingerprint density at radius 3 is 2.54 bits per heavy atom. The quantitative estimate of drug-likeness (QED) is 0.273. The molecule has 2 heterocycles. The van der Waals surface area contributed by atoms with Gasteiger partial charge in [-0.2, -0.15) is 10.8 Å². The van der Waals surface area contributed by atoms with Crippen molar-refractivity contribution in [1.29, 1.82) is 0 Å². The number of carboxylic acid groups (broad SMARTS) is 1. The van der Waals surface area contributed by atoms with Crippen LogP contribution in [-0.4, -0.2) is 45.6 Å². The van der Waals surface area contributed by atoms with Crippen LogP contribution >= 0.6 is 0 Å². The van der Waals surface area contributed by atoms with Gasteiger partial charge in [-0.15, -0.1) is 4.59 Å². The average Bonchev–Trinajstić information content (AvgIpc) is 3.28. The molecule has 0 saturated heterocycles. The first-order valence-electron chi connectivity index (χ1n) is 13.4. The minimum atomic E-state index is -1.51. The first-order valence-corrected chi connectivity index (χ1v) is 13.4. The van der Waals surface area contributed by atoms with Crippen molar-refractivity contribution in [3.05, 3.63) is 89.5 Å². The van der Waals surface area contributed by atoms with Gasteiger partial charge in [-0.3, -0.25) is 19.4 Å². The second-order valence-electron chi connectivity index (χ2n) is 10.6. The van der Waals surface area contributed by atoms with Crippen LogP contribution in [0.15, 0.2) is 88.4 Å². The summed E-state index contributed by atoms with van der Waals surface area (Å²) in [5.41, 5.74) is 7.28. The monoisotopic (exact) mass is 557 g/mol. The fraction of sp³-hybridized carbons (Fsp3) is 0.300. The number of ether oxygens (including phenoxy) is 1. The molecule has 1 aliphatic carbocycles. The first-order chi connectivity index (χ1) is 19.6. The van der Waals surface area contributed by atoms with Gasteiger partial charge in [-0.05, 0) is 49.4 Å². The third-order valence-corrected chi connectivity index (χ3v) is 8.04. The zero-order valence-corrected chi connectivity index (χ0v) is 22.7. The Labute approximate surface area is 237 Å². The molecule has 2 amide bonds. The predicted octanol–water partition coefficient (Wildman–Crippen LogP) is 2.73. The number of aliphatic imine (C=N–C) groups is 2. The lowest BCUT2D eigenvalue weighted by Crippen LogP contribution is -2.59. The number of allylic oxidation sites excluding steroid dienone is 2. The van der Waals surface area contributed by atoms with Crippen LogP contribution in [0.2, 0.25) is 0 Å². The molecule has 5 rings (SSSR count). The van der Waals surface area contributed by atoms with E-state index in [0.29, 0.717) is 36.7 Å². The molecular formula is C30H33N6O5+. The van der Waals surface area contributed by atoms with E-state index in [2.05, 4.69) is 10.3 Å². The van der Waals surface area contributed by atoms with E-state index in [1.807, 2.05) is 54.6 Å². The van der Waals surface area contributed by atoms with E-state index in [9.17, 15) is 19.5 Å². The number of carbonyl (C=O) groups is 3. The van der Waals surface area contributed by atoms with Gasteiger partial charge in [0.2, 0.25) is 17.5 Å². The standard InChI is InChI=1S/C30H32N6O5/c1-19(37)34-26(27(31)38)30(29(39)40)12-10-21(11-13-30)25-24-17-33-14-15-36(24,32)28(35-25)22-8-5-9-23(16-22)41-18-20-6-3-2-4-7-20/h2-9,14-17,21,26H,10-13,18,32H2,1H3,(H3-,31,34,37,38,39,40)/p+1. The Balaban J connectivity index is 1.42. The maximum atomic E-state index is 12.5. The number of hydrogen-bond acceptors (Lipinski definition) is 7. The minimum absolute atomic E-state index is 0.128. The Morgan fingerprint density at radius 1 is 1.15 bits per heavy atom. The number of hydrogen-bond donors (Lipinski definition) is 4. The molecule has 1 saturated carbocycles. The number of quaternary nitrogens is 1. The van der Waals surface area contributed by atoms with Gasteiger partial charge >= 0.3 is 5.97 Å². The zero-order valence-electron chi connectivity index (χ0n) is 22.7. The van der Waals surface area contributed by atoms with Gasteiger partial charge < -0.3 is 20.9 Å². The number of nitrogens with two attached hydrogens (primary N) is 2. The molecule has 0 aromatic heterocycles. The van der Waals surface area contributed by atoms with E-state index < -0.39 is 29.2 Å². The molecule has 0 bridgehead atoms. The highest BCUT2D eigenvalue weighted by molar-refractivity contribution is 6.00. The van der Waals surface area contributed by atoms with Crippen molar-refractivity contribution in [2.75, 3.05) is 0 Å². The van der Waals surface area contributed by atoms with Crippen molar-refractivity contribution in [3.8, 4) is 5.75 Å². The van der Waals surface area contributed by atoms with Gasteiger partial charge in [0.05, 0.1) is 23.4 Å². The first kappa shape index (κ1) is 27.9. The number of carbonyl (C=O) groups excluding carboxylic acids is 2. The van der Waals surface area contributed by atoms with Crippen LogP contribution in [0.5, 0.6) is 5.75 Å². The molecule has 2 atom stereocenters. The molecule has 6 N–H and O–H groups in total. The van der Waals surface area contributed by atoms with Crippen LogP contribution in [-0.2, 0) is 21.0 Å². The lowest BCUT2D eigenvalue weighted by molar-refractivity contribution is -0.750. The summed E-state index contributed by atoms with van der Waals surface area (Å²) in [7, 11) is 0. The highest BCUT2D eigenvalue weighted by Crippen LogP contribution is 2.47. The number of amidine groups is 1. The van der Waals surface area contributed by atoms with Gasteiger partial charge in [0.25, 0.3) is 5.84 Å². The lowest BCUT2D eigenvalue weighted by Gasteiger charge is -2.40. The smallest absolute Gasteiger partial charge is 0.312 e. The van der Waals surface area contributed by atoms with Crippen molar-refractivity contribution in [3.63, 3.8) is 0 Å². The fourth-order valence-electron chi connectivity index (χ4n) is 5.89. The molecule has 11 nitrogen and oxygen atoms in total. The number of benzene rings is 2. The number of aliphatic carboxylic acids is 1. The molecular weight excluding hydrogens is 524 g/mol. The molecule has 0 radical (unpaired) electrons. The number of fused-ring (bicyclic) bond motifs is 1. The fourth-order valence-corrected chi connectivity index (χ4v) is 5.89. The summed E-state index contributed by atoms with van der Waals surface area (Å²) in [5, 5.41) is 12.6. The number of primary amides is 1. The molecule has 212 valence electrons. The molecule has 3 aliphatic rings. The number of nitrogens with one attached hydrogen (secondary N) is 1. The summed E-state index contributed by atoms with van der Waals surface area (Å²) in [6.07, 6.45) is 6.13. The van der Waals surface area contributed by atoms with Gasteiger partial charge in [0.1, 0.15) is 30.3 Å². The second-order valence-corrected chi connectivity index (χ2v) is 10.6. The van der Waals surface area contributed by atoms with Crippen LogP contribution in [0.4, 0.5) is 0 Å². The van der Waals surface area contributed by atoms with Crippen molar-refractivity contribution in [2.45, 2.75) is 45.3 Å². The number of nitrogens with zero attached hydrogens (tertiary/aromatic N) is 3. The predicted molar refractivity (Wildman–Crippen MR) is 152 cm³/mol. The SMILES string of the molecule is CC(=O)NC(C(N)=O)C1(C(=O)O)CCC(C2=C3C=NC=C[N+]3(N)C(c3cccc(OCc4ccccc4)c3)=N2)CC1.